The Morgan fingerprint density at radius 1 is 1.45 bits per heavy atom. The summed E-state index contributed by atoms with van der Waals surface area (Å²) in [4.78, 5) is 16.7. The maximum atomic E-state index is 11.5. The molecule has 0 spiro atoms. The second-order valence-electron chi connectivity index (χ2n) is 4.89. The van der Waals surface area contributed by atoms with Crippen LogP contribution in [0.25, 0.3) is 16.2 Å². The molecule has 2 heterocycles. The molecule has 0 saturated carbocycles. The van der Waals surface area contributed by atoms with E-state index in [1.54, 1.807) is 23.7 Å². The van der Waals surface area contributed by atoms with Gasteiger partial charge >= 0.3 is 0 Å². The summed E-state index contributed by atoms with van der Waals surface area (Å²) in [6.07, 6.45) is 2.44. The number of aliphatic hydroxyl groups is 1. The highest BCUT2D eigenvalue weighted by Crippen LogP contribution is 2.26. The van der Waals surface area contributed by atoms with E-state index < -0.39 is 0 Å². The van der Waals surface area contributed by atoms with E-state index in [9.17, 15) is 4.79 Å². The number of fused-ring (bicyclic) bond motifs is 1. The number of Topliss-reactive ketones (excluding diaryl/α,β-unsaturated/α-hetero) is 1. The quantitative estimate of drug-likeness (QED) is 0.539. The fourth-order valence-corrected chi connectivity index (χ4v) is 2.93. The van der Waals surface area contributed by atoms with Gasteiger partial charge in [0.2, 0.25) is 10.1 Å². The van der Waals surface area contributed by atoms with Gasteiger partial charge < -0.3 is 10.4 Å². The molecule has 7 heteroatoms. The van der Waals surface area contributed by atoms with Crippen molar-refractivity contribution >= 4 is 27.2 Å². The van der Waals surface area contributed by atoms with Crippen LogP contribution >= 0.6 is 11.3 Å². The van der Waals surface area contributed by atoms with Crippen molar-refractivity contribution in [3.8, 4) is 11.3 Å². The molecular weight excluding hydrogens is 300 g/mol. The number of anilines is 1. The molecule has 0 aliphatic heterocycles. The molecule has 0 unspecified atom stereocenters. The van der Waals surface area contributed by atoms with Gasteiger partial charge in [-0.15, -0.1) is 5.10 Å². The number of hydrogen-bond donors (Lipinski definition) is 2. The van der Waals surface area contributed by atoms with Gasteiger partial charge in [0.1, 0.15) is 0 Å². The number of ketones is 1. The highest BCUT2D eigenvalue weighted by atomic mass is 32.1. The predicted molar refractivity (Wildman–Crippen MR) is 86.5 cm³/mol. The van der Waals surface area contributed by atoms with Crippen LogP contribution in [-0.2, 0) is 0 Å². The molecule has 6 nitrogen and oxygen atoms in total. The lowest BCUT2D eigenvalue weighted by atomic mass is 10.1. The van der Waals surface area contributed by atoms with Gasteiger partial charge in [-0.3, -0.25) is 4.79 Å². The Kier molecular flexibility index (Phi) is 4.17. The average molecular weight is 316 g/mol. The predicted octanol–water partition coefficient (Wildman–Crippen LogP) is 2.45. The third-order valence-electron chi connectivity index (χ3n) is 3.26. The van der Waals surface area contributed by atoms with E-state index in [-0.39, 0.29) is 12.4 Å². The molecule has 0 fully saturated rings. The highest BCUT2D eigenvalue weighted by Gasteiger charge is 2.12. The molecule has 0 saturated heterocycles. The summed E-state index contributed by atoms with van der Waals surface area (Å²) in [5.41, 5.74) is 2.43. The van der Waals surface area contributed by atoms with Crippen molar-refractivity contribution in [3.05, 3.63) is 36.0 Å². The molecule has 1 aromatic carbocycles. The number of carbonyl (C=O) groups is 1. The van der Waals surface area contributed by atoms with Crippen LogP contribution in [-0.4, -0.2) is 38.6 Å². The van der Waals surface area contributed by atoms with Gasteiger partial charge in [0.15, 0.2) is 5.78 Å². The highest BCUT2D eigenvalue weighted by molar-refractivity contribution is 7.20. The standard InChI is InChI=1S/C15H16N4O2S/c1-10(21)11-4-2-5-12(8-11)13-9-17-15-19(13)18-14(22-15)16-6-3-7-20/h2,4-5,8-9,20H,3,6-7H2,1H3,(H,16,18). The van der Waals surface area contributed by atoms with E-state index >= 15 is 0 Å². The molecule has 22 heavy (non-hydrogen) atoms. The summed E-state index contributed by atoms with van der Waals surface area (Å²) in [6, 6.07) is 7.45. The van der Waals surface area contributed by atoms with Crippen LogP contribution in [0.15, 0.2) is 30.5 Å². The normalized spacial score (nSPS) is 11.0. The van der Waals surface area contributed by atoms with Crippen molar-refractivity contribution in [3.63, 3.8) is 0 Å². The number of carbonyl (C=O) groups excluding carboxylic acids is 1. The van der Waals surface area contributed by atoms with Gasteiger partial charge in [-0.05, 0) is 19.4 Å². The zero-order valence-corrected chi connectivity index (χ0v) is 12.9. The second kappa shape index (κ2) is 6.25. The number of nitrogens with zero attached hydrogens (tertiary/aromatic N) is 3. The van der Waals surface area contributed by atoms with Gasteiger partial charge in [0.25, 0.3) is 0 Å². The summed E-state index contributed by atoms with van der Waals surface area (Å²) >= 11 is 1.45. The summed E-state index contributed by atoms with van der Waals surface area (Å²) in [7, 11) is 0. The number of hydrogen-bond acceptors (Lipinski definition) is 6. The molecule has 0 bridgehead atoms. The van der Waals surface area contributed by atoms with Gasteiger partial charge in [-0.1, -0.05) is 29.5 Å². The lowest BCUT2D eigenvalue weighted by molar-refractivity contribution is 0.101. The van der Waals surface area contributed by atoms with Crippen molar-refractivity contribution in [2.24, 2.45) is 0 Å². The summed E-state index contributed by atoms with van der Waals surface area (Å²) in [6.45, 7) is 2.37. The molecular formula is C15H16N4O2S. The molecule has 3 aromatic rings. The fraction of sp³-hybridized carbons (Fsp3) is 0.267. The lowest BCUT2D eigenvalue weighted by Gasteiger charge is -2.01. The van der Waals surface area contributed by atoms with E-state index in [4.69, 9.17) is 5.11 Å². The number of aliphatic hydroxyl groups excluding tert-OH is 1. The number of imidazole rings is 1. The number of benzene rings is 1. The van der Waals surface area contributed by atoms with Crippen molar-refractivity contribution in [1.82, 2.24) is 14.6 Å². The first-order chi connectivity index (χ1) is 10.7. The van der Waals surface area contributed by atoms with Crippen LogP contribution in [0, 0.1) is 0 Å². The smallest absolute Gasteiger partial charge is 0.214 e. The minimum Gasteiger partial charge on any atom is -0.396 e. The topological polar surface area (TPSA) is 79.5 Å². The zero-order chi connectivity index (χ0) is 15.5. The third kappa shape index (κ3) is 2.86. The first-order valence-corrected chi connectivity index (χ1v) is 7.81. The minimum atomic E-state index is 0.0345. The van der Waals surface area contributed by atoms with Crippen LogP contribution < -0.4 is 5.32 Å². The van der Waals surface area contributed by atoms with E-state index in [1.165, 1.54) is 11.3 Å². The zero-order valence-electron chi connectivity index (χ0n) is 12.1. The van der Waals surface area contributed by atoms with Crippen LogP contribution in [0.4, 0.5) is 5.13 Å². The Morgan fingerprint density at radius 2 is 2.32 bits per heavy atom. The summed E-state index contributed by atoms with van der Waals surface area (Å²) < 4.78 is 1.77. The molecule has 0 aliphatic carbocycles. The van der Waals surface area contributed by atoms with E-state index in [0.717, 1.165) is 21.3 Å². The minimum absolute atomic E-state index is 0.0345. The van der Waals surface area contributed by atoms with Crippen molar-refractivity contribution < 1.29 is 9.90 Å². The Labute approximate surface area is 131 Å². The Morgan fingerprint density at radius 3 is 3.09 bits per heavy atom. The number of nitrogens with one attached hydrogen (secondary N) is 1. The number of aromatic nitrogens is 3. The first kappa shape index (κ1) is 14.7. The van der Waals surface area contributed by atoms with Gasteiger partial charge in [-0.25, -0.2) is 9.50 Å². The molecule has 0 amide bonds. The SMILES string of the molecule is CC(=O)c1cccc(-c2cnc3sc(NCCCO)nn23)c1. The van der Waals surface area contributed by atoms with E-state index in [0.29, 0.717) is 18.5 Å². The molecule has 114 valence electrons. The maximum absolute atomic E-state index is 11.5. The molecule has 0 radical (unpaired) electrons. The van der Waals surface area contributed by atoms with Crippen molar-refractivity contribution in [2.45, 2.75) is 13.3 Å². The first-order valence-electron chi connectivity index (χ1n) is 6.99. The second-order valence-corrected chi connectivity index (χ2v) is 5.84. The Bertz CT molecular complexity index is 809. The van der Waals surface area contributed by atoms with Crippen LogP contribution in [0.5, 0.6) is 0 Å². The van der Waals surface area contributed by atoms with Crippen LogP contribution in [0.3, 0.4) is 0 Å². The summed E-state index contributed by atoms with van der Waals surface area (Å²) in [5, 5.41) is 17.2. The largest absolute Gasteiger partial charge is 0.396 e. The van der Waals surface area contributed by atoms with Gasteiger partial charge in [0, 0.05) is 24.3 Å². The van der Waals surface area contributed by atoms with E-state index in [2.05, 4.69) is 15.4 Å². The van der Waals surface area contributed by atoms with Gasteiger partial charge in [0.05, 0.1) is 11.9 Å². The monoisotopic (exact) mass is 316 g/mol. The van der Waals surface area contributed by atoms with Crippen LogP contribution in [0.1, 0.15) is 23.7 Å². The van der Waals surface area contributed by atoms with Crippen molar-refractivity contribution in [1.29, 1.82) is 0 Å². The lowest BCUT2D eigenvalue weighted by Crippen LogP contribution is -2.03. The average Bonchev–Trinajstić information content (AvgIpc) is 3.07. The van der Waals surface area contributed by atoms with Crippen LogP contribution in [0.2, 0.25) is 0 Å². The molecule has 2 N–H and O–H groups in total. The molecule has 2 aromatic heterocycles. The summed E-state index contributed by atoms with van der Waals surface area (Å²) in [5.74, 6) is 0.0345. The van der Waals surface area contributed by atoms with E-state index in [1.807, 2.05) is 18.2 Å². The molecule has 3 rings (SSSR count). The molecule has 0 atom stereocenters. The maximum Gasteiger partial charge on any atom is 0.214 e. The molecule has 0 aliphatic rings. The Balaban J connectivity index is 1.93. The van der Waals surface area contributed by atoms with Gasteiger partial charge in [-0.2, -0.15) is 0 Å². The third-order valence-corrected chi connectivity index (χ3v) is 4.14. The number of rotatable bonds is 6. The Hall–Kier alpha value is -2.25. The van der Waals surface area contributed by atoms with Crippen molar-refractivity contribution in [2.75, 3.05) is 18.5 Å². The fourth-order valence-electron chi connectivity index (χ4n) is 2.13.